The van der Waals surface area contributed by atoms with E-state index in [2.05, 4.69) is 4.98 Å². The van der Waals surface area contributed by atoms with Crippen LogP contribution in [-0.4, -0.2) is 28.9 Å². The van der Waals surface area contributed by atoms with Gasteiger partial charge >= 0.3 is 6.18 Å². The molecule has 0 atom stereocenters. The van der Waals surface area contributed by atoms with Gasteiger partial charge in [-0.2, -0.15) is 13.2 Å². The zero-order chi connectivity index (χ0) is 18.4. The summed E-state index contributed by atoms with van der Waals surface area (Å²) < 4.78 is 37.8. The monoisotopic (exact) mass is 370 g/mol. The number of alkyl halides is 3. The molecule has 0 aliphatic carbocycles. The number of aromatic nitrogens is 1. The molecule has 7 heteroatoms. The minimum absolute atomic E-state index is 0.0352. The van der Waals surface area contributed by atoms with E-state index in [4.69, 9.17) is 0 Å². The maximum absolute atomic E-state index is 12.6. The smallest absolute Gasteiger partial charge is 0.342 e. The normalized spacial score (nSPS) is 11.6. The van der Waals surface area contributed by atoms with Gasteiger partial charge in [0, 0.05) is 24.0 Å². The molecule has 1 heterocycles. The summed E-state index contributed by atoms with van der Waals surface area (Å²) >= 11 is 1.33. The van der Waals surface area contributed by atoms with Crippen LogP contribution in [0, 0.1) is 0 Å². The first-order valence-corrected chi connectivity index (χ1v) is 9.13. The lowest BCUT2D eigenvalue weighted by Crippen LogP contribution is -2.33. The molecule has 0 saturated carbocycles. The number of hydrogen-bond acceptors (Lipinski definition) is 3. The van der Waals surface area contributed by atoms with Gasteiger partial charge in [-0.25, -0.2) is 4.98 Å². The van der Waals surface area contributed by atoms with Crippen LogP contribution in [0.15, 0.2) is 29.6 Å². The molecule has 2 rings (SSSR count). The summed E-state index contributed by atoms with van der Waals surface area (Å²) in [6, 6.07) is 4.92. The first-order valence-electron chi connectivity index (χ1n) is 8.25. The highest BCUT2D eigenvalue weighted by molar-refractivity contribution is 7.13. The minimum Gasteiger partial charge on any atom is -0.342 e. The summed E-state index contributed by atoms with van der Waals surface area (Å²) in [6.45, 7) is 5.51. The fourth-order valence-corrected chi connectivity index (χ4v) is 3.32. The number of carbonyl (C=O) groups is 1. The van der Waals surface area contributed by atoms with Crippen molar-refractivity contribution in [1.82, 2.24) is 9.88 Å². The highest BCUT2D eigenvalue weighted by Crippen LogP contribution is 2.31. The van der Waals surface area contributed by atoms with E-state index in [9.17, 15) is 18.0 Å². The topological polar surface area (TPSA) is 33.2 Å². The molecule has 1 aromatic heterocycles. The van der Waals surface area contributed by atoms with Crippen molar-refractivity contribution in [2.45, 2.75) is 39.3 Å². The molecule has 0 unspecified atom stereocenters. The number of hydrogen-bond donors (Lipinski definition) is 0. The van der Waals surface area contributed by atoms with Crippen LogP contribution < -0.4 is 0 Å². The van der Waals surface area contributed by atoms with E-state index in [1.165, 1.54) is 23.5 Å². The Morgan fingerprint density at radius 2 is 1.72 bits per heavy atom. The van der Waals surface area contributed by atoms with E-state index < -0.39 is 11.7 Å². The summed E-state index contributed by atoms with van der Waals surface area (Å²) in [5.41, 5.74) is 0.593. The first-order chi connectivity index (χ1) is 11.8. The van der Waals surface area contributed by atoms with Crippen molar-refractivity contribution < 1.29 is 18.0 Å². The Hall–Kier alpha value is -1.89. The van der Waals surface area contributed by atoms with Crippen molar-refractivity contribution >= 4 is 17.2 Å². The molecule has 0 spiro atoms. The second kappa shape index (κ2) is 8.47. The molecule has 136 valence electrons. The first kappa shape index (κ1) is 19.4. The second-order valence-corrected chi connectivity index (χ2v) is 6.63. The summed E-state index contributed by atoms with van der Waals surface area (Å²) in [7, 11) is 0. The van der Waals surface area contributed by atoms with Gasteiger partial charge < -0.3 is 4.90 Å². The average Bonchev–Trinajstić information content (AvgIpc) is 3.02. The van der Waals surface area contributed by atoms with Crippen LogP contribution in [0.3, 0.4) is 0 Å². The molecule has 0 radical (unpaired) electrons. The number of thiazole rings is 1. The Morgan fingerprint density at radius 1 is 1.12 bits per heavy atom. The van der Waals surface area contributed by atoms with Gasteiger partial charge in [0.25, 0.3) is 0 Å². The summed E-state index contributed by atoms with van der Waals surface area (Å²) in [5.74, 6) is 0.0352. The molecule has 0 saturated heterocycles. The number of amides is 1. The van der Waals surface area contributed by atoms with E-state index >= 15 is 0 Å². The average molecular weight is 370 g/mol. The molecule has 2 aromatic rings. The Labute approximate surface area is 149 Å². The van der Waals surface area contributed by atoms with E-state index in [-0.39, 0.29) is 12.3 Å². The van der Waals surface area contributed by atoms with Crippen LogP contribution in [-0.2, 0) is 17.4 Å². The number of rotatable bonds is 7. The van der Waals surface area contributed by atoms with Gasteiger partial charge in [-0.05, 0) is 25.0 Å². The van der Waals surface area contributed by atoms with Gasteiger partial charge in [-0.15, -0.1) is 11.3 Å². The summed E-state index contributed by atoms with van der Waals surface area (Å²) in [4.78, 5) is 18.6. The number of benzene rings is 1. The third kappa shape index (κ3) is 5.29. The maximum Gasteiger partial charge on any atom is 0.416 e. The minimum atomic E-state index is -4.35. The third-order valence-corrected chi connectivity index (χ3v) is 4.62. The fourth-order valence-electron chi connectivity index (χ4n) is 2.49. The molecule has 0 N–H and O–H groups in total. The van der Waals surface area contributed by atoms with Crippen molar-refractivity contribution in [2.24, 2.45) is 0 Å². The molecule has 0 aliphatic rings. The molecule has 25 heavy (non-hydrogen) atoms. The standard InChI is InChI=1S/C18H21F3N2OS/c1-3-9-23(10-4-2)16(24)11-15-12-25-17(22-15)13-5-7-14(8-6-13)18(19,20)21/h5-8,12H,3-4,9-11H2,1-2H3. The number of carbonyl (C=O) groups excluding carboxylic acids is 1. The van der Waals surface area contributed by atoms with Gasteiger partial charge in [0.15, 0.2) is 0 Å². The molecule has 0 fully saturated rings. The quantitative estimate of drug-likeness (QED) is 0.686. The predicted molar refractivity (Wildman–Crippen MR) is 93.4 cm³/mol. The molecule has 0 aliphatic heterocycles. The highest BCUT2D eigenvalue weighted by atomic mass is 32.1. The largest absolute Gasteiger partial charge is 0.416 e. The van der Waals surface area contributed by atoms with Crippen molar-refractivity contribution in [3.8, 4) is 10.6 Å². The number of halogens is 3. The third-order valence-electron chi connectivity index (χ3n) is 3.68. The van der Waals surface area contributed by atoms with Gasteiger partial charge in [0.1, 0.15) is 5.01 Å². The van der Waals surface area contributed by atoms with Crippen LogP contribution >= 0.6 is 11.3 Å². The fraction of sp³-hybridized carbons (Fsp3) is 0.444. The van der Waals surface area contributed by atoms with Crippen molar-refractivity contribution in [3.63, 3.8) is 0 Å². The van der Waals surface area contributed by atoms with E-state index in [0.29, 0.717) is 16.3 Å². The molecular formula is C18H21F3N2OS. The lowest BCUT2D eigenvalue weighted by molar-refractivity contribution is -0.137. The van der Waals surface area contributed by atoms with Gasteiger partial charge in [0.05, 0.1) is 17.7 Å². The Balaban J connectivity index is 2.08. The highest BCUT2D eigenvalue weighted by Gasteiger charge is 2.30. The second-order valence-electron chi connectivity index (χ2n) is 5.78. The van der Waals surface area contributed by atoms with E-state index in [1.807, 2.05) is 18.7 Å². The molecule has 3 nitrogen and oxygen atoms in total. The summed E-state index contributed by atoms with van der Waals surface area (Å²) in [6.07, 6.45) is -2.32. The number of nitrogens with zero attached hydrogens (tertiary/aromatic N) is 2. The molecular weight excluding hydrogens is 349 g/mol. The Bertz CT molecular complexity index is 689. The van der Waals surface area contributed by atoms with Crippen LogP contribution in [0.2, 0.25) is 0 Å². The Kier molecular flexibility index (Phi) is 6.58. The molecule has 1 aromatic carbocycles. The molecule has 0 bridgehead atoms. The lowest BCUT2D eigenvalue weighted by atomic mass is 10.1. The van der Waals surface area contributed by atoms with Crippen LogP contribution in [0.4, 0.5) is 13.2 Å². The zero-order valence-electron chi connectivity index (χ0n) is 14.3. The predicted octanol–water partition coefficient (Wildman–Crippen LogP) is 5.02. The van der Waals surface area contributed by atoms with Crippen LogP contribution in [0.5, 0.6) is 0 Å². The zero-order valence-corrected chi connectivity index (χ0v) is 15.1. The molecule has 1 amide bonds. The van der Waals surface area contributed by atoms with Crippen molar-refractivity contribution in [3.05, 3.63) is 40.9 Å². The maximum atomic E-state index is 12.6. The summed E-state index contributed by atoms with van der Waals surface area (Å²) in [5, 5.41) is 2.41. The van der Waals surface area contributed by atoms with Gasteiger partial charge in [-0.1, -0.05) is 26.0 Å². The van der Waals surface area contributed by atoms with E-state index in [0.717, 1.165) is 38.1 Å². The SMILES string of the molecule is CCCN(CCC)C(=O)Cc1csc(-c2ccc(C(F)(F)F)cc2)n1. The van der Waals surface area contributed by atoms with Crippen LogP contribution in [0.1, 0.15) is 37.9 Å². The van der Waals surface area contributed by atoms with E-state index in [1.54, 1.807) is 5.38 Å². The Morgan fingerprint density at radius 3 is 2.24 bits per heavy atom. The van der Waals surface area contributed by atoms with Gasteiger partial charge in [-0.3, -0.25) is 4.79 Å². The van der Waals surface area contributed by atoms with Crippen molar-refractivity contribution in [2.75, 3.05) is 13.1 Å². The van der Waals surface area contributed by atoms with Crippen LogP contribution in [0.25, 0.3) is 10.6 Å². The van der Waals surface area contributed by atoms with Crippen molar-refractivity contribution in [1.29, 1.82) is 0 Å². The van der Waals surface area contributed by atoms with Gasteiger partial charge in [0.2, 0.25) is 5.91 Å². The lowest BCUT2D eigenvalue weighted by Gasteiger charge is -2.20.